The minimum absolute atomic E-state index is 0.0765. The fraction of sp³-hybridized carbons (Fsp3) is 0.926. The molecule has 2 N–H and O–H groups in total. The summed E-state index contributed by atoms with van der Waals surface area (Å²) in [5.41, 5.74) is 0.0732. The quantitative estimate of drug-likeness (QED) is 0.574. The number of aliphatic hydroxyl groups is 1. The van der Waals surface area contributed by atoms with Gasteiger partial charge in [0.25, 0.3) is 0 Å². The number of carbonyl (C=O) groups is 1. The Morgan fingerprint density at radius 3 is 2.66 bits per heavy atom. The normalized spacial score (nSPS) is 46.3. The van der Waals surface area contributed by atoms with Crippen LogP contribution < -0.4 is 5.32 Å². The van der Waals surface area contributed by atoms with E-state index in [0.29, 0.717) is 30.1 Å². The van der Waals surface area contributed by atoms with Gasteiger partial charge in [0.15, 0.2) is 0 Å². The summed E-state index contributed by atoms with van der Waals surface area (Å²) >= 11 is 0. The molecule has 0 aliphatic heterocycles. The van der Waals surface area contributed by atoms with Crippen molar-refractivity contribution in [3.05, 3.63) is 0 Å². The summed E-state index contributed by atoms with van der Waals surface area (Å²) in [4.78, 5) is 13.1. The van der Waals surface area contributed by atoms with Crippen LogP contribution in [0.25, 0.3) is 0 Å². The van der Waals surface area contributed by atoms with Crippen molar-refractivity contribution in [2.75, 3.05) is 7.05 Å². The van der Waals surface area contributed by atoms with E-state index in [0.717, 1.165) is 51.4 Å². The van der Waals surface area contributed by atoms with E-state index < -0.39 is 0 Å². The van der Waals surface area contributed by atoms with Crippen molar-refractivity contribution in [1.29, 1.82) is 5.26 Å². The van der Waals surface area contributed by atoms with Crippen LogP contribution in [0.15, 0.2) is 0 Å². The Bertz CT molecular complexity index is 735. The molecule has 0 bridgehead atoms. The lowest BCUT2D eigenvalue weighted by molar-refractivity contribution is -0.203. The molecule has 180 valence electrons. The summed E-state index contributed by atoms with van der Waals surface area (Å²) in [6.45, 7) is 6.88. The van der Waals surface area contributed by atoms with Crippen LogP contribution in [0.3, 0.4) is 0 Å². The third-order valence-electron chi connectivity index (χ3n) is 10.6. The maximum atomic E-state index is 13.1. The van der Waals surface area contributed by atoms with E-state index in [1.165, 1.54) is 12.8 Å². The molecule has 5 heteroatoms. The molecule has 0 spiro atoms. The molecule has 32 heavy (non-hydrogen) atoms. The maximum absolute atomic E-state index is 13.1. The number of nitriles is 1. The number of rotatable bonds is 6. The lowest BCUT2D eigenvalue weighted by atomic mass is 9.44. The number of nitrogens with zero attached hydrogens (tertiary/aromatic N) is 1. The number of hydrogen-bond acceptors (Lipinski definition) is 5. The van der Waals surface area contributed by atoms with Crippen molar-refractivity contribution < 1.29 is 14.6 Å². The van der Waals surface area contributed by atoms with E-state index >= 15 is 0 Å². The van der Waals surface area contributed by atoms with E-state index in [2.05, 4.69) is 32.2 Å². The van der Waals surface area contributed by atoms with Crippen molar-refractivity contribution in [2.45, 2.75) is 110 Å². The van der Waals surface area contributed by atoms with Gasteiger partial charge in [0.1, 0.15) is 12.1 Å². The molecular weight excluding hydrogens is 400 g/mol. The van der Waals surface area contributed by atoms with Gasteiger partial charge in [-0.25, -0.2) is 0 Å². The SMILES string of the molecule is CCCCC(NC)C(=O)OC1C[C@@H](O)C[C@@H]2CC[C@H]3[C@@H]4CC[C@H](C#N)[C@@]4(C)CC[C@@H]3[C@@]12C. The molecule has 0 saturated heterocycles. The van der Waals surface area contributed by atoms with Crippen LogP contribution in [0.5, 0.6) is 0 Å². The number of nitrogens with one attached hydrogen (secondary N) is 1. The van der Waals surface area contributed by atoms with Crippen molar-refractivity contribution in [3.8, 4) is 6.07 Å². The smallest absolute Gasteiger partial charge is 0.323 e. The summed E-state index contributed by atoms with van der Waals surface area (Å²) in [6, 6.07) is 2.36. The third-order valence-corrected chi connectivity index (χ3v) is 10.6. The molecule has 0 radical (unpaired) electrons. The zero-order valence-electron chi connectivity index (χ0n) is 20.6. The number of ether oxygens (including phenoxy) is 1. The number of likely N-dealkylation sites (N-methyl/N-ethyl adjacent to an activating group) is 1. The van der Waals surface area contributed by atoms with E-state index in [1.807, 2.05) is 7.05 Å². The Morgan fingerprint density at radius 2 is 1.97 bits per heavy atom. The molecule has 10 atom stereocenters. The van der Waals surface area contributed by atoms with Gasteiger partial charge < -0.3 is 15.2 Å². The highest BCUT2D eigenvalue weighted by molar-refractivity contribution is 5.76. The van der Waals surface area contributed by atoms with Crippen LogP contribution in [-0.2, 0) is 9.53 Å². The largest absolute Gasteiger partial charge is 0.461 e. The van der Waals surface area contributed by atoms with Crippen molar-refractivity contribution in [1.82, 2.24) is 5.32 Å². The van der Waals surface area contributed by atoms with Crippen molar-refractivity contribution in [3.63, 3.8) is 0 Å². The molecule has 0 aromatic carbocycles. The average molecular weight is 445 g/mol. The topological polar surface area (TPSA) is 82.3 Å². The predicted molar refractivity (Wildman–Crippen MR) is 124 cm³/mol. The molecule has 4 aliphatic carbocycles. The van der Waals surface area contributed by atoms with Gasteiger partial charge in [0.05, 0.1) is 18.1 Å². The first kappa shape index (κ1) is 24.0. The number of carbonyl (C=O) groups excluding carboxylic acids is 1. The Hall–Kier alpha value is -1.12. The minimum atomic E-state index is -0.380. The van der Waals surface area contributed by atoms with Crippen LogP contribution in [0.4, 0.5) is 0 Å². The minimum Gasteiger partial charge on any atom is -0.461 e. The monoisotopic (exact) mass is 444 g/mol. The molecule has 0 aromatic rings. The number of fused-ring (bicyclic) bond motifs is 5. The van der Waals surface area contributed by atoms with Gasteiger partial charge in [-0.3, -0.25) is 4.79 Å². The number of unbranched alkanes of at least 4 members (excludes halogenated alkanes) is 1. The average Bonchev–Trinajstić information content (AvgIpc) is 3.11. The lowest BCUT2D eigenvalue weighted by Crippen LogP contribution is -2.60. The Morgan fingerprint density at radius 1 is 1.19 bits per heavy atom. The van der Waals surface area contributed by atoms with Crippen LogP contribution in [0.2, 0.25) is 0 Å². The lowest BCUT2D eigenvalue weighted by Gasteiger charge is -2.62. The van der Waals surface area contributed by atoms with Gasteiger partial charge in [-0.05, 0) is 87.5 Å². The molecule has 5 nitrogen and oxygen atoms in total. The Balaban J connectivity index is 1.58. The highest BCUT2D eigenvalue weighted by Gasteiger charge is 2.63. The first-order valence-corrected chi connectivity index (χ1v) is 13.2. The third kappa shape index (κ3) is 3.80. The van der Waals surface area contributed by atoms with E-state index in [4.69, 9.17) is 4.74 Å². The van der Waals surface area contributed by atoms with Gasteiger partial charge in [-0.1, -0.05) is 33.6 Å². The van der Waals surface area contributed by atoms with Gasteiger partial charge in [0, 0.05) is 11.8 Å². The number of hydrogen-bond donors (Lipinski definition) is 2. The van der Waals surface area contributed by atoms with Gasteiger partial charge in [0.2, 0.25) is 0 Å². The van der Waals surface area contributed by atoms with Crippen LogP contribution in [-0.4, -0.2) is 36.4 Å². The van der Waals surface area contributed by atoms with Gasteiger partial charge in [-0.2, -0.15) is 5.26 Å². The van der Waals surface area contributed by atoms with Crippen LogP contribution >= 0.6 is 0 Å². The zero-order valence-corrected chi connectivity index (χ0v) is 20.6. The Labute approximate surface area is 194 Å². The van der Waals surface area contributed by atoms with Gasteiger partial charge >= 0.3 is 5.97 Å². The molecule has 0 aromatic heterocycles. The molecule has 2 unspecified atom stereocenters. The summed E-state index contributed by atoms with van der Waals surface area (Å²) < 4.78 is 6.30. The molecule has 4 saturated carbocycles. The van der Waals surface area contributed by atoms with Crippen molar-refractivity contribution >= 4 is 5.97 Å². The Kier molecular flexibility index (Phi) is 6.95. The van der Waals surface area contributed by atoms with E-state index in [9.17, 15) is 15.2 Å². The highest BCUT2D eigenvalue weighted by Crippen LogP contribution is 2.67. The zero-order chi connectivity index (χ0) is 23.1. The van der Waals surface area contributed by atoms with Crippen molar-refractivity contribution in [2.24, 2.45) is 40.4 Å². The first-order valence-electron chi connectivity index (χ1n) is 13.2. The number of aliphatic hydroxyl groups excluding tert-OH is 1. The fourth-order valence-electron chi connectivity index (χ4n) is 8.67. The first-order chi connectivity index (χ1) is 15.3. The summed E-state index contributed by atoms with van der Waals surface area (Å²) in [6.07, 6.45) is 10.4. The number of esters is 1. The summed E-state index contributed by atoms with van der Waals surface area (Å²) in [5, 5.41) is 23.6. The maximum Gasteiger partial charge on any atom is 0.323 e. The van der Waals surface area contributed by atoms with Crippen LogP contribution in [0, 0.1) is 51.8 Å². The van der Waals surface area contributed by atoms with Gasteiger partial charge in [-0.15, -0.1) is 0 Å². The summed E-state index contributed by atoms with van der Waals surface area (Å²) in [7, 11) is 1.84. The molecule has 0 heterocycles. The predicted octanol–water partition coefficient (Wildman–Crippen LogP) is 4.83. The van der Waals surface area contributed by atoms with E-state index in [-0.39, 0.29) is 41.0 Å². The second-order valence-corrected chi connectivity index (χ2v) is 11.9. The standard InChI is InChI=1S/C27H44N2O3/c1-5-6-7-23(29-4)25(31)32-24-15-19(30)14-17-8-10-20-21-11-9-18(16-28)26(21,2)13-12-22(20)27(17,24)3/h17-24,29-30H,5-15H2,1-4H3/t17-,18+,19-,20-,21-,22-,23?,24?,26+,27-/m0/s1. The molecule has 0 amide bonds. The molecule has 4 rings (SSSR count). The summed E-state index contributed by atoms with van der Waals surface area (Å²) in [5.74, 6) is 2.20. The van der Waals surface area contributed by atoms with Crippen LogP contribution in [0.1, 0.15) is 91.4 Å². The fourth-order valence-corrected chi connectivity index (χ4v) is 8.67. The molecular formula is C27H44N2O3. The second kappa shape index (κ2) is 9.26. The highest BCUT2D eigenvalue weighted by atomic mass is 16.5. The molecule has 4 fully saturated rings. The molecule has 4 aliphatic rings. The second-order valence-electron chi connectivity index (χ2n) is 11.9. The van der Waals surface area contributed by atoms with E-state index in [1.54, 1.807) is 0 Å².